The highest BCUT2D eigenvalue weighted by atomic mass is 16.5. The Hall–Kier alpha value is -2.20. The van der Waals surface area contributed by atoms with Gasteiger partial charge < -0.3 is 19.3 Å². The lowest BCUT2D eigenvalue weighted by molar-refractivity contribution is 0.169. The maximum Gasteiger partial charge on any atom is 0.161 e. The van der Waals surface area contributed by atoms with Crippen molar-refractivity contribution in [2.75, 3.05) is 21.3 Å². The van der Waals surface area contributed by atoms with Gasteiger partial charge in [-0.2, -0.15) is 0 Å². The molecule has 1 aliphatic carbocycles. The van der Waals surface area contributed by atoms with E-state index in [0.29, 0.717) is 17.9 Å². The van der Waals surface area contributed by atoms with E-state index in [0.717, 1.165) is 28.9 Å². The minimum Gasteiger partial charge on any atom is -0.497 e. The van der Waals surface area contributed by atoms with Gasteiger partial charge in [0.1, 0.15) is 5.75 Å². The summed E-state index contributed by atoms with van der Waals surface area (Å²) in [5, 5.41) is 10.5. The van der Waals surface area contributed by atoms with E-state index in [4.69, 9.17) is 14.2 Å². The topological polar surface area (TPSA) is 47.9 Å². The summed E-state index contributed by atoms with van der Waals surface area (Å²) in [6, 6.07) is 9.83. The molecule has 0 saturated heterocycles. The van der Waals surface area contributed by atoms with E-state index in [1.807, 2.05) is 30.3 Å². The van der Waals surface area contributed by atoms with Crippen molar-refractivity contribution >= 4 is 0 Å². The van der Waals surface area contributed by atoms with Crippen molar-refractivity contribution in [2.45, 2.75) is 18.9 Å². The van der Waals surface area contributed by atoms with Crippen LogP contribution in [0, 0.1) is 0 Å². The molecule has 0 amide bonds. The lowest BCUT2D eigenvalue weighted by atomic mass is 9.95. The first-order valence-corrected chi connectivity index (χ1v) is 7.29. The number of aryl methyl sites for hydroxylation is 1. The van der Waals surface area contributed by atoms with E-state index in [1.54, 1.807) is 21.3 Å². The fourth-order valence-corrected chi connectivity index (χ4v) is 3.02. The van der Waals surface area contributed by atoms with Crippen LogP contribution in [0.1, 0.15) is 23.7 Å². The molecule has 1 N–H and O–H groups in total. The average molecular weight is 300 g/mol. The summed E-state index contributed by atoms with van der Waals surface area (Å²) in [5.74, 6) is 2.13. The number of hydrogen-bond acceptors (Lipinski definition) is 4. The van der Waals surface area contributed by atoms with Gasteiger partial charge in [-0.05, 0) is 59.4 Å². The first-order chi connectivity index (χ1) is 10.7. The van der Waals surface area contributed by atoms with Crippen LogP contribution < -0.4 is 14.2 Å². The summed E-state index contributed by atoms with van der Waals surface area (Å²) < 4.78 is 16.1. The minimum atomic E-state index is -0.520. The predicted octanol–water partition coefficient (Wildman–Crippen LogP) is 3.36. The summed E-state index contributed by atoms with van der Waals surface area (Å²) >= 11 is 0. The molecule has 4 heteroatoms. The molecular formula is C18H20O4. The number of ether oxygens (including phenoxy) is 3. The summed E-state index contributed by atoms with van der Waals surface area (Å²) in [5.41, 5.74) is 4.14. The zero-order valence-electron chi connectivity index (χ0n) is 13.1. The first kappa shape index (κ1) is 14.7. The second-order valence-corrected chi connectivity index (χ2v) is 5.37. The van der Waals surface area contributed by atoms with Crippen LogP contribution in [0.4, 0.5) is 0 Å². The van der Waals surface area contributed by atoms with E-state index < -0.39 is 6.10 Å². The Labute approximate surface area is 130 Å². The van der Waals surface area contributed by atoms with Crippen molar-refractivity contribution in [1.29, 1.82) is 0 Å². The van der Waals surface area contributed by atoms with Crippen LogP contribution in [0.15, 0.2) is 30.3 Å². The Bertz CT molecular complexity index is 694. The van der Waals surface area contributed by atoms with E-state index >= 15 is 0 Å². The molecule has 1 unspecified atom stereocenters. The van der Waals surface area contributed by atoms with Gasteiger partial charge in [0.15, 0.2) is 11.5 Å². The second kappa shape index (κ2) is 5.89. The number of aliphatic hydroxyl groups is 1. The number of methoxy groups -OCH3 is 3. The normalized spacial score (nSPS) is 16.3. The number of hydrogen-bond donors (Lipinski definition) is 1. The second-order valence-electron chi connectivity index (χ2n) is 5.37. The van der Waals surface area contributed by atoms with Crippen molar-refractivity contribution in [1.82, 2.24) is 0 Å². The van der Waals surface area contributed by atoms with Crippen molar-refractivity contribution < 1.29 is 19.3 Å². The molecule has 0 saturated carbocycles. The molecule has 2 aromatic carbocycles. The lowest BCUT2D eigenvalue weighted by Gasteiger charge is -2.17. The van der Waals surface area contributed by atoms with Gasteiger partial charge in [0.25, 0.3) is 0 Å². The van der Waals surface area contributed by atoms with Crippen molar-refractivity contribution in [3.05, 3.63) is 41.5 Å². The summed E-state index contributed by atoms with van der Waals surface area (Å²) in [4.78, 5) is 0. The van der Waals surface area contributed by atoms with E-state index in [9.17, 15) is 5.11 Å². The monoisotopic (exact) mass is 300 g/mol. The Morgan fingerprint density at radius 3 is 2.32 bits per heavy atom. The van der Waals surface area contributed by atoms with Gasteiger partial charge in [-0.25, -0.2) is 0 Å². The van der Waals surface area contributed by atoms with Gasteiger partial charge in [0.05, 0.1) is 27.4 Å². The van der Waals surface area contributed by atoms with Gasteiger partial charge in [-0.15, -0.1) is 0 Å². The third-order valence-corrected chi connectivity index (χ3v) is 4.20. The first-order valence-electron chi connectivity index (χ1n) is 7.29. The molecule has 1 aliphatic rings. The van der Waals surface area contributed by atoms with Gasteiger partial charge in [-0.3, -0.25) is 0 Å². The Morgan fingerprint density at radius 2 is 1.64 bits per heavy atom. The molecular weight excluding hydrogens is 280 g/mol. The molecule has 0 aliphatic heterocycles. The Balaban J connectivity index is 2.23. The largest absolute Gasteiger partial charge is 0.497 e. The Kier molecular flexibility index (Phi) is 3.94. The zero-order valence-corrected chi connectivity index (χ0v) is 13.1. The highest BCUT2D eigenvalue weighted by molar-refractivity contribution is 5.76. The van der Waals surface area contributed by atoms with Crippen LogP contribution in [0.3, 0.4) is 0 Å². The number of benzene rings is 2. The van der Waals surface area contributed by atoms with Gasteiger partial charge in [0.2, 0.25) is 0 Å². The van der Waals surface area contributed by atoms with Crippen molar-refractivity contribution in [3.8, 4) is 28.4 Å². The standard InChI is InChI=1S/C18H20O4/c1-20-12-5-6-13-11(8-12)4-7-16(19)15-10-18(22-3)17(21-2)9-14(13)15/h5-6,8-10,16,19H,4,7H2,1-3H3. The van der Waals surface area contributed by atoms with Crippen LogP contribution in [0.25, 0.3) is 11.1 Å². The summed E-state index contributed by atoms with van der Waals surface area (Å²) in [7, 11) is 4.88. The highest BCUT2D eigenvalue weighted by Crippen LogP contribution is 2.43. The molecule has 2 aromatic rings. The zero-order chi connectivity index (χ0) is 15.7. The average Bonchev–Trinajstić information content (AvgIpc) is 2.70. The summed E-state index contributed by atoms with van der Waals surface area (Å²) in [6.45, 7) is 0. The quantitative estimate of drug-likeness (QED) is 0.944. The molecule has 0 heterocycles. The van der Waals surface area contributed by atoms with Gasteiger partial charge in [-0.1, -0.05) is 6.07 Å². The molecule has 3 rings (SSSR count). The molecule has 0 bridgehead atoms. The predicted molar refractivity (Wildman–Crippen MR) is 84.8 cm³/mol. The van der Waals surface area contributed by atoms with Crippen LogP contribution >= 0.6 is 0 Å². The number of rotatable bonds is 3. The van der Waals surface area contributed by atoms with Crippen LogP contribution in [-0.4, -0.2) is 26.4 Å². The minimum absolute atomic E-state index is 0.520. The smallest absolute Gasteiger partial charge is 0.161 e. The molecule has 116 valence electrons. The fraction of sp³-hybridized carbons (Fsp3) is 0.333. The van der Waals surface area contributed by atoms with Crippen molar-refractivity contribution in [2.24, 2.45) is 0 Å². The molecule has 1 atom stereocenters. The number of fused-ring (bicyclic) bond motifs is 3. The Morgan fingerprint density at radius 1 is 0.909 bits per heavy atom. The van der Waals surface area contributed by atoms with Gasteiger partial charge in [0, 0.05) is 0 Å². The van der Waals surface area contributed by atoms with Gasteiger partial charge >= 0.3 is 0 Å². The molecule has 22 heavy (non-hydrogen) atoms. The van der Waals surface area contributed by atoms with Crippen LogP contribution in [0.5, 0.6) is 17.2 Å². The molecule has 0 radical (unpaired) electrons. The van der Waals surface area contributed by atoms with Crippen molar-refractivity contribution in [3.63, 3.8) is 0 Å². The third-order valence-electron chi connectivity index (χ3n) is 4.20. The summed E-state index contributed by atoms with van der Waals surface area (Å²) in [6.07, 6.45) is 0.948. The third kappa shape index (κ3) is 2.40. The van der Waals surface area contributed by atoms with E-state index in [1.165, 1.54) is 5.56 Å². The molecule has 0 spiro atoms. The van der Waals surface area contributed by atoms with E-state index in [-0.39, 0.29) is 0 Å². The molecule has 4 nitrogen and oxygen atoms in total. The maximum atomic E-state index is 10.5. The van der Waals surface area contributed by atoms with E-state index in [2.05, 4.69) is 0 Å². The fourth-order valence-electron chi connectivity index (χ4n) is 3.02. The number of aliphatic hydroxyl groups excluding tert-OH is 1. The SMILES string of the molecule is COc1ccc2c(c1)CCC(O)c1cc(OC)c(OC)cc1-2. The van der Waals surface area contributed by atoms with Crippen LogP contribution in [0.2, 0.25) is 0 Å². The van der Waals surface area contributed by atoms with Crippen LogP contribution in [-0.2, 0) is 6.42 Å². The molecule has 0 aromatic heterocycles. The maximum absolute atomic E-state index is 10.5. The lowest BCUT2D eigenvalue weighted by Crippen LogP contribution is -2.00. The highest BCUT2D eigenvalue weighted by Gasteiger charge is 2.23. The molecule has 0 fully saturated rings.